The van der Waals surface area contributed by atoms with Gasteiger partial charge in [-0.2, -0.15) is 10.4 Å². The SMILES string of the molecule is COC(=O)c1nn(C)cc1C(O)CC#N. The minimum absolute atomic E-state index is 0.0442. The Morgan fingerprint density at radius 2 is 2.53 bits per heavy atom. The van der Waals surface area contributed by atoms with Gasteiger partial charge in [0.25, 0.3) is 0 Å². The average molecular weight is 209 g/mol. The van der Waals surface area contributed by atoms with Crippen LogP contribution in [-0.2, 0) is 11.8 Å². The number of nitriles is 1. The van der Waals surface area contributed by atoms with Gasteiger partial charge in [0.2, 0.25) is 0 Å². The number of methoxy groups -OCH3 is 1. The Hall–Kier alpha value is -1.87. The maximum Gasteiger partial charge on any atom is 0.358 e. The van der Waals surface area contributed by atoms with Crippen molar-refractivity contribution in [3.8, 4) is 6.07 Å². The number of esters is 1. The van der Waals surface area contributed by atoms with Gasteiger partial charge in [0.1, 0.15) is 0 Å². The molecular weight excluding hydrogens is 198 g/mol. The second kappa shape index (κ2) is 4.57. The number of hydrogen-bond donors (Lipinski definition) is 1. The van der Waals surface area contributed by atoms with Gasteiger partial charge in [-0.3, -0.25) is 4.68 Å². The van der Waals surface area contributed by atoms with Crippen LogP contribution in [0.1, 0.15) is 28.6 Å². The predicted molar refractivity (Wildman–Crippen MR) is 49.7 cm³/mol. The van der Waals surface area contributed by atoms with E-state index in [2.05, 4.69) is 9.84 Å². The maximum absolute atomic E-state index is 11.3. The second-order valence-electron chi connectivity index (χ2n) is 2.98. The van der Waals surface area contributed by atoms with E-state index in [1.807, 2.05) is 6.07 Å². The molecule has 1 aromatic rings. The van der Waals surface area contributed by atoms with Crippen molar-refractivity contribution in [3.63, 3.8) is 0 Å². The third-order valence-corrected chi connectivity index (χ3v) is 1.88. The monoisotopic (exact) mass is 209 g/mol. The third kappa shape index (κ3) is 2.33. The number of carbonyl (C=O) groups is 1. The fourth-order valence-electron chi connectivity index (χ4n) is 1.20. The molecule has 15 heavy (non-hydrogen) atoms. The number of rotatable bonds is 3. The van der Waals surface area contributed by atoms with E-state index in [0.717, 1.165) is 0 Å². The van der Waals surface area contributed by atoms with Crippen LogP contribution in [0.3, 0.4) is 0 Å². The van der Waals surface area contributed by atoms with Crippen LogP contribution in [0.25, 0.3) is 0 Å². The first-order valence-corrected chi connectivity index (χ1v) is 4.27. The van der Waals surface area contributed by atoms with Crippen molar-refractivity contribution < 1.29 is 14.6 Å². The first-order chi connectivity index (χ1) is 7.10. The van der Waals surface area contributed by atoms with Gasteiger partial charge in [-0.1, -0.05) is 0 Å². The Morgan fingerprint density at radius 3 is 3.07 bits per heavy atom. The highest BCUT2D eigenvalue weighted by atomic mass is 16.5. The zero-order valence-corrected chi connectivity index (χ0v) is 8.47. The lowest BCUT2D eigenvalue weighted by atomic mass is 10.1. The minimum Gasteiger partial charge on any atom is -0.464 e. The average Bonchev–Trinajstić information content (AvgIpc) is 2.59. The van der Waals surface area contributed by atoms with Crippen LogP contribution in [-0.4, -0.2) is 28.0 Å². The Bertz CT molecular complexity index is 405. The summed E-state index contributed by atoms with van der Waals surface area (Å²) in [5, 5.41) is 21.9. The van der Waals surface area contributed by atoms with E-state index in [1.54, 1.807) is 7.05 Å². The molecule has 0 saturated carbocycles. The molecule has 0 aliphatic rings. The molecule has 6 heteroatoms. The third-order valence-electron chi connectivity index (χ3n) is 1.88. The lowest BCUT2D eigenvalue weighted by Gasteiger charge is -2.04. The smallest absolute Gasteiger partial charge is 0.358 e. The van der Waals surface area contributed by atoms with E-state index in [1.165, 1.54) is 18.0 Å². The number of aliphatic hydroxyl groups excluding tert-OH is 1. The minimum atomic E-state index is -1.02. The van der Waals surface area contributed by atoms with Gasteiger partial charge >= 0.3 is 5.97 Å². The summed E-state index contributed by atoms with van der Waals surface area (Å²) >= 11 is 0. The van der Waals surface area contributed by atoms with Crippen molar-refractivity contribution in [1.82, 2.24) is 9.78 Å². The van der Waals surface area contributed by atoms with Gasteiger partial charge in [0.15, 0.2) is 5.69 Å². The van der Waals surface area contributed by atoms with Crippen molar-refractivity contribution in [2.24, 2.45) is 7.05 Å². The molecule has 0 aliphatic carbocycles. The molecule has 0 radical (unpaired) electrons. The van der Waals surface area contributed by atoms with Gasteiger partial charge in [-0.15, -0.1) is 0 Å². The van der Waals surface area contributed by atoms with Crippen molar-refractivity contribution >= 4 is 5.97 Å². The largest absolute Gasteiger partial charge is 0.464 e. The van der Waals surface area contributed by atoms with Crippen molar-refractivity contribution in [3.05, 3.63) is 17.5 Å². The number of aliphatic hydroxyl groups is 1. The number of aromatic nitrogens is 2. The van der Waals surface area contributed by atoms with Gasteiger partial charge in [0, 0.05) is 18.8 Å². The molecule has 6 nitrogen and oxygen atoms in total. The molecular formula is C9H11N3O3. The molecule has 0 bridgehead atoms. The van der Waals surface area contributed by atoms with Crippen LogP contribution in [0.2, 0.25) is 0 Å². The van der Waals surface area contributed by atoms with E-state index in [4.69, 9.17) is 5.26 Å². The lowest BCUT2D eigenvalue weighted by Crippen LogP contribution is -2.08. The Kier molecular flexibility index (Phi) is 3.42. The van der Waals surface area contributed by atoms with Crippen molar-refractivity contribution in [2.45, 2.75) is 12.5 Å². The van der Waals surface area contributed by atoms with Crippen LogP contribution in [0.5, 0.6) is 0 Å². The summed E-state index contributed by atoms with van der Waals surface area (Å²) in [7, 11) is 2.85. The molecule has 80 valence electrons. The van der Waals surface area contributed by atoms with Gasteiger partial charge < -0.3 is 9.84 Å². The highest BCUT2D eigenvalue weighted by Crippen LogP contribution is 2.19. The predicted octanol–water partition coefficient (Wildman–Crippen LogP) is 0.154. The number of hydrogen-bond acceptors (Lipinski definition) is 5. The summed E-state index contributed by atoms with van der Waals surface area (Å²) in [5.74, 6) is -0.623. The van der Waals surface area contributed by atoms with Crippen LogP contribution in [0, 0.1) is 11.3 Å². The molecule has 1 N–H and O–H groups in total. The van der Waals surface area contributed by atoms with Crippen LogP contribution >= 0.6 is 0 Å². The Labute approximate surface area is 86.7 Å². The molecule has 0 aliphatic heterocycles. The molecule has 0 amide bonds. The highest BCUT2D eigenvalue weighted by molar-refractivity contribution is 5.88. The van der Waals surface area contributed by atoms with E-state index >= 15 is 0 Å². The van der Waals surface area contributed by atoms with Crippen LogP contribution in [0.15, 0.2) is 6.20 Å². The van der Waals surface area contributed by atoms with E-state index in [-0.39, 0.29) is 12.1 Å². The number of nitrogens with zero attached hydrogens (tertiary/aromatic N) is 3. The summed E-state index contributed by atoms with van der Waals surface area (Å²) < 4.78 is 5.90. The summed E-state index contributed by atoms with van der Waals surface area (Å²) in [6, 6.07) is 1.82. The summed E-state index contributed by atoms with van der Waals surface area (Å²) in [4.78, 5) is 11.3. The van der Waals surface area contributed by atoms with Crippen LogP contribution in [0.4, 0.5) is 0 Å². The molecule has 0 aromatic carbocycles. The van der Waals surface area contributed by atoms with Crippen molar-refractivity contribution in [2.75, 3.05) is 7.11 Å². The number of ether oxygens (including phenoxy) is 1. The molecule has 0 fully saturated rings. The molecule has 1 aromatic heterocycles. The highest BCUT2D eigenvalue weighted by Gasteiger charge is 2.21. The quantitative estimate of drug-likeness (QED) is 0.716. The van der Waals surface area contributed by atoms with Crippen LogP contribution < -0.4 is 0 Å². The topological polar surface area (TPSA) is 88.1 Å². The first kappa shape index (κ1) is 11.2. The second-order valence-corrected chi connectivity index (χ2v) is 2.98. The van der Waals surface area contributed by atoms with Crippen molar-refractivity contribution in [1.29, 1.82) is 5.26 Å². The van der Waals surface area contributed by atoms with E-state index in [0.29, 0.717) is 5.56 Å². The lowest BCUT2D eigenvalue weighted by molar-refractivity contribution is 0.0586. The summed E-state index contributed by atoms with van der Waals surface area (Å²) in [6.45, 7) is 0. The van der Waals surface area contributed by atoms with E-state index in [9.17, 15) is 9.90 Å². The standard InChI is InChI=1S/C9H11N3O3/c1-12-5-6(7(13)3-4-10)8(11-12)9(14)15-2/h5,7,13H,3H2,1-2H3. The van der Waals surface area contributed by atoms with Gasteiger partial charge in [-0.25, -0.2) is 4.79 Å². The maximum atomic E-state index is 11.3. The fraction of sp³-hybridized carbons (Fsp3) is 0.444. The number of aryl methyl sites for hydroxylation is 1. The van der Waals surface area contributed by atoms with E-state index < -0.39 is 12.1 Å². The zero-order valence-electron chi connectivity index (χ0n) is 8.47. The molecule has 1 unspecified atom stereocenters. The Morgan fingerprint density at radius 1 is 1.87 bits per heavy atom. The molecule has 1 heterocycles. The normalized spacial score (nSPS) is 11.9. The summed E-state index contributed by atoms with van der Waals surface area (Å²) in [5.41, 5.74) is 0.355. The van der Waals surface area contributed by atoms with Gasteiger partial charge in [0.05, 0.1) is 25.7 Å². The zero-order chi connectivity index (χ0) is 11.4. The fourth-order valence-corrected chi connectivity index (χ4v) is 1.20. The first-order valence-electron chi connectivity index (χ1n) is 4.27. The Balaban J connectivity index is 3.06. The summed E-state index contributed by atoms with van der Waals surface area (Å²) in [6.07, 6.45) is 0.391. The molecule has 1 atom stereocenters. The molecule has 0 saturated heterocycles. The van der Waals surface area contributed by atoms with Gasteiger partial charge in [-0.05, 0) is 0 Å². The molecule has 1 rings (SSSR count). The number of carbonyl (C=O) groups excluding carboxylic acids is 1. The molecule has 0 spiro atoms.